The first kappa shape index (κ1) is 22.7. The molecule has 2 aromatic heterocycles. The highest BCUT2D eigenvalue weighted by atomic mass is 19.1. The van der Waals surface area contributed by atoms with Gasteiger partial charge >= 0.3 is 0 Å². The van der Waals surface area contributed by atoms with Gasteiger partial charge in [0, 0.05) is 6.20 Å². The molecule has 1 amide bonds. The Morgan fingerprint density at radius 1 is 0.973 bits per heavy atom. The molecule has 1 atom stereocenters. The summed E-state index contributed by atoms with van der Waals surface area (Å²) < 4.78 is 25.8. The number of carbonyl (C=O) groups is 1. The van der Waals surface area contributed by atoms with Gasteiger partial charge in [0.1, 0.15) is 29.6 Å². The molecule has 6 nitrogen and oxygen atoms in total. The van der Waals surface area contributed by atoms with Crippen molar-refractivity contribution in [3.05, 3.63) is 135 Å². The minimum atomic E-state index is -0.801. The fourth-order valence-corrected chi connectivity index (χ4v) is 4.59. The van der Waals surface area contributed by atoms with Crippen LogP contribution in [0.15, 0.2) is 100 Å². The molecule has 1 unspecified atom stereocenters. The number of aromatic nitrogens is 1. The predicted octanol–water partition coefficient (Wildman–Crippen LogP) is 5.96. The lowest BCUT2D eigenvalue weighted by atomic mass is 9.98. The molecule has 0 N–H and O–H groups in total. The number of aryl methyl sites for hydroxylation is 1. The normalized spacial score (nSPS) is 14.7. The van der Waals surface area contributed by atoms with Crippen LogP contribution in [0.2, 0.25) is 0 Å². The molecule has 6 rings (SSSR count). The number of nitrogens with zero attached hydrogens (tertiary/aromatic N) is 2. The zero-order valence-electron chi connectivity index (χ0n) is 19.9. The van der Waals surface area contributed by atoms with E-state index in [1.165, 1.54) is 17.0 Å². The van der Waals surface area contributed by atoms with Crippen LogP contribution in [0.1, 0.15) is 38.9 Å². The minimum absolute atomic E-state index is 0.0686. The maximum Gasteiger partial charge on any atom is 0.296 e. The van der Waals surface area contributed by atoms with E-state index in [1.54, 1.807) is 24.4 Å². The van der Waals surface area contributed by atoms with Gasteiger partial charge in [-0.15, -0.1) is 0 Å². The van der Waals surface area contributed by atoms with E-state index in [9.17, 15) is 14.0 Å². The van der Waals surface area contributed by atoms with Gasteiger partial charge in [0.2, 0.25) is 5.76 Å². The molecule has 182 valence electrons. The second-order valence-corrected chi connectivity index (χ2v) is 8.93. The van der Waals surface area contributed by atoms with E-state index in [2.05, 4.69) is 4.98 Å². The number of benzene rings is 3. The van der Waals surface area contributed by atoms with Crippen LogP contribution in [-0.2, 0) is 6.61 Å². The first-order chi connectivity index (χ1) is 18.0. The molecule has 0 saturated carbocycles. The zero-order valence-corrected chi connectivity index (χ0v) is 19.9. The van der Waals surface area contributed by atoms with Gasteiger partial charge in [-0.1, -0.05) is 48.5 Å². The third-order valence-corrected chi connectivity index (χ3v) is 6.42. The van der Waals surface area contributed by atoms with Crippen LogP contribution in [0, 0.1) is 12.7 Å². The molecule has 0 aliphatic carbocycles. The summed E-state index contributed by atoms with van der Waals surface area (Å²) >= 11 is 0. The summed E-state index contributed by atoms with van der Waals surface area (Å²) in [5.41, 5.74) is 2.50. The first-order valence-electron chi connectivity index (χ1n) is 11.8. The number of amides is 1. The minimum Gasteiger partial charge on any atom is -0.489 e. The maximum absolute atomic E-state index is 14.0. The summed E-state index contributed by atoms with van der Waals surface area (Å²) in [7, 11) is 0. The number of fused-ring (bicyclic) bond motifs is 2. The average molecular weight is 493 g/mol. The number of rotatable bonds is 5. The molecule has 0 saturated heterocycles. The zero-order chi connectivity index (χ0) is 25.5. The van der Waals surface area contributed by atoms with Crippen LogP contribution in [0.25, 0.3) is 11.0 Å². The second kappa shape index (κ2) is 9.02. The van der Waals surface area contributed by atoms with Gasteiger partial charge in [0.15, 0.2) is 5.43 Å². The number of halogens is 1. The molecule has 5 aromatic rings. The summed E-state index contributed by atoms with van der Waals surface area (Å²) in [5.74, 6) is -0.0848. The molecular weight excluding hydrogens is 471 g/mol. The number of hydrogen-bond acceptors (Lipinski definition) is 5. The van der Waals surface area contributed by atoms with Crippen LogP contribution in [-0.4, -0.2) is 10.9 Å². The smallest absolute Gasteiger partial charge is 0.296 e. The molecule has 3 aromatic carbocycles. The second-order valence-electron chi connectivity index (χ2n) is 8.93. The fourth-order valence-electron chi connectivity index (χ4n) is 4.59. The Bertz CT molecular complexity index is 1680. The van der Waals surface area contributed by atoms with E-state index in [4.69, 9.17) is 9.15 Å². The van der Waals surface area contributed by atoms with Crippen molar-refractivity contribution in [3.8, 4) is 5.75 Å². The molecule has 0 fully saturated rings. The van der Waals surface area contributed by atoms with Crippen molar-refractivity contribution in [1.82, 2.24) is 4.98 Å². The summed E-state index contributed by atoms with van der Waals surface area (Å²) in [5, 5.41) is 0.0816. The molecule has 3 heterocycles. The van der Waals surface area contributed by atoms with Gasteiger partial charge in [-0.25, -0.2) is 9.37 Å². The summed E-state index contributed by atoms with van der Waals surface area (Å²) in [6.07, 6.45) is 1.66. The third-order valence-electron chi connectivity index (χ3n) is 6.42. The Morgan fingerprint density at radius 3 is 2.49 bits per heavy atom. The standard InChI is InChI=1S/C30H21FN2O4/c1-18-7-14-25(32-16-18)33-27(20-8-11-22(12-9-20)36-17-19-5-3-2-4-6-19)26-28(34)23-15-21(31)10-13-24(23)37-29(26)30(33)35/h2-16,27H,17H2,1H3. The van der Waals surface area contributed by atoms with Crippen LogP contribution in [0.4, 0.5) is 10.2 Å². The van der Waals surface area contributed by atoms with Gasteiger partial charge in [-0.3, -0.25) is 14.5 Å². The Labute approximate surface area is 211 Å². The summed E-state index contributed by atoms with van der Waals surface area (Å²) in [6.45, 7) is 2.31. The van der Waals surface area contributed by atoms with Crippen molar-refractivity contribution in [2.24, 2.45) is 0 Å². The highest BCUT2D eigenvalue weighted by molar-refractivity contribution is 6.10. The molecular formula is C30H21FN2O4. The number of anilines is 1. The third kappa shape index (κ3) is 4.04. The monoisotopic (exact) mass is 492 g/mol. The largest absolute Gasteiger partial charge is 0.489 e. The van der Waals surface area contributed by atoms with Gasteiger partial charge in [0.25, 0.3) is 5.91 Å². The SMILES string of the molecule is Cc1ccc(N2C(=O)c3oc4ccc(F)cc4c(=O)c3C2c2ccc(OCc3ccccc3)cc2)nc1. The van der Waals surface area contributed by atoms with E-state index in [0.29, 0.717) is 23.7 Å². The molecule has 37 heavy (non-hydrogen) atoms. The van der Waals surface area contributed by atoms with Crippen LogP contribution < -0.4 is 15.1 Å². The van der Waals surface area contributed by atoms with Gasteiger partial charge in [-0.05, 0) is 60.0 Å². The average Bonchev–Trinajstić information content (AvgIpc) is 3.21. The number of ether oxygens (including phenoxy) is 1. The molecule has 0 radical (unpaired) electrons. The van der Waals surface area contributed by atoms with Crippen molar-refractivity contribution in [2.75, 3.05) is 4.90 Å². The van der Waals surface area contributed by atoms with Gasteiger partial charge < -0.3 is 9.15 Å². The van der Waals surface area contributed by atoms with Crippen molar-refractivity contribution in [3.63, 3.8) is 0 Å². The Morgan fingerprint density at radius 2 is 1.76 bits per heavy atom. The predicted molar refractivity (Wildman–Crippen MR) is 137 cm³/mol. The summed E-state index contributed by atoms with van der Waals surface area (Å²) in [6, 6.07) is 23.5. The van der Waals surface area contributed by atoms with Crippen molar-refractivity contribution in [1.29, 1.82) is 0 Å². The molecule has 0 bridgehead atoms. The van der Waals surface area contributed by atoms with Crippen molar-refractivity contribution < 1.29 is 18.3 Å². The van der Waals surface area contributed by atoms with E-state index in [1.807, 2.05) is 55.5 Å². The van der Waals surface area contributed by atoms with Gasteiger partial charge in [-0.2, -0.15) is 0 Å². The van der Waals surface area contributed by atoms with E-state index in [0.717, 1.165) is 17.2 Å². The maximum atomic E-state index is 14.0. The lowest BCUT2D eigenvalue weighted by Crippen LogP contribution is -2.30. The Hall–Kier alpha value is -4.78. The quantitative estimate of drug-likeness (QED) is 0.303. The van der Waals surface area contributed by atoms with Crippen LogP contribution >= 0.6 is 0 Å². The molecule has 1 aliphatic heterocycles. The highest BCUT2D eigenvalue weighted by Gasteiger charge is 2.44. The number of hydrogen-bond donors (Lipinski definition) is 0. The lowest BCUT2D eigenvalue weighted by Gasteiger charge is -2.24. The molecule has 0 spiro atoms. The topological polar surface area (TPSA) is 72.6 Å². The first-order valence-corrected chi connectivity index (χ1v) is 11.8. The molecule has 1 aliphatic rings. The van der Waals surface area contributed by atoms with E-state index < -0.39 is 23.2 Å². The van der Waals surface area contributed by atoms with Crippen molar-refractivity contribution in [2.45, 2.75) is 19.6 Å². The Kier molecular flexibility index (Phi) is 5.53. The van der Waals surface area contributed by atoms with Crippen molar-refractivity contribution >= 4 is 22.7 Å². The number of pyridine rings is 1. The van der Waals surface area contributed by atoms with Crippen LogP contribution in [0.5, 0.6) is 5.75 Å². The van der Waals surface area contributed by atoms with Crippen LogP contribution in [0.3, 0.4) is 0 Å². The molecule has 7 heteroatoms. The summed E-state index contributed by atoms with van der Waals surface area (Å²) in [4.78, 5) is 33.1. The number of carbonyl (C=O) groups excluding carboxylic acids is 1. The highest BCUT2D eigenvalue weighted by Crippen LogP contribution is 2.41. The lowest BCUT2D eigenvalue weighted by molar-refractivity contribution is 0.0970. The van der Waals surface area contributed by atoms with E-state index >= 15 is 0 Å². The van der Waals surface area contributed by atoms with E-state index in [-0.39, 0.29) is 22.3 Å². The Balaban J connectivity index is 1.44. The van der Waals surface area contributed by atoms with Gasteiger partial charge in [0.05, 0.1) is 17.0 Å². The fraction of sp³-hybridized carbons (Fsp3) is 0.100.